The molecule has 0 unspecified atom stereocenters. The maximum atomic E-state index is 10.7. The van der Waals surface area contributed by atoms with Gasteiger partial charge in [-0.05, 0) is 89.2 Å². The largest absolute Gasteiger partial charge is 0.344 e. The summed E-state index contributed by atoms with van der Waals surface area (Å²) < 4.78 is 0. The van der Waals surface area contributed by atoms with Crippen molar-refractivity contribution < 1.29 is 43.2 Å². The summed E-state index contributed by atoms with van der Waals surface area (Å²) in [6.07, 6.45) is 9.88. The highest BCUT2D eigenvalue weighted by atomic mass is 16.2. The molecule has 18 nitrogen and oxygen atoms in total. The number of piperidine rings is 1. The van der Waals surface area contributed by atoms with Gasteiger partial charge in [-0.25, -0.2) is 0 Å². The number of nitrogens with two attached hydrogens (primary N) is 4. The van der Waals surface area contributed by atoms with Crippen molar-refractivity contribution >= 4 is 60.2 Å². The van der Waals surface area contributed by atoms with Crippen molar-refractivity contribution in [3.63, 3.8) is 0 Å². The molecular formula is C54H129N9O9. The fourth-order valence-electron chi connectivity index (χ4n) is 2.64. The van der Waals surface area contributed by atoms with Gasteiger partial charge >= 0.3 is 0 Å². The molecule has 2 aromatic rings. The molecule has 72 heavy (non-hydrogen) atoms. The van der Waals surface area contributed by atoms with Gasteiger partial charge in [0.15, 0.2) is 0 Å². The number of carbonyl (C=O) groups is 9. The number of carbonyl (C=O) groups excluding carboxylic acids is 9. The summed E-state index contributed by atoms with van der Waals surface area (Å²) in [6.45, 7) is 51.9. The number of amides is 1. The summed E-state index contributed by atoms with van der Waals surface area (Å²) >= 11 is 0. The van der Waals surface area contributed by atoms with Crippen LogP contribution in [0.5, 0.6) is 0 Å². The smallest absolute Gasteiger partial charge is 0.219 e. The number of benzene rings is 2. The van der Waals surface area contributed by atoms with E-state index in [0.717, 1.165) is 43.7 Å². The molecule has 0 aromatic heterocycles. The van der Waals surface area contributed by atoms with E-state index in [2.05, 4.69) is 148 Å². The van der Waals surface area contributed by atoms with Crippen molar-refractivity contribution in [1.29, 1.82) is 0 Å². The molecule has 20 N–H and O–H groups in total. The minimum absolute atomic E-state index is 0. The van der Waals surface area contributed by atoms with Gasteiger partial charge in [-0.2, -0.15) is 0 Å². The van der Waals surface area contributed by atoms with Crippen molar-refractivity contribution in [1.82, 2.24) is 29.5 Å². The van der Waals surface area contributed by atoms with E-state index in [1.54, 1.807) is 6.92 Å². The molecule has 3 rings (SSSR count). The lowest BCUT2D eigenvalue weighted by Gasteiger charge is -2.24. The van der Waals surface area contributed by atoms with E-state index in [-0.39, 0.29) is 30.5 Å². The summed E-state index contributed by atoms with van der Waals surface area (Å²) in [5.41, 5.74) is 20.8. The fourth-order valence-corrected chi connectivity index (χ4v) is 2.64. The maximum absolute atomic E-state index is 10.7. The predicted molar refractivity (Wildman–Crippen MR) is 323 cm³/mol. The van der Waals surface area contributed by atoms with Gasteiger partial charge in [0, 0.05) is 20.0 Å². The van der Waals surface area contributed by atoms with Gasteiger partial charge in [0.25, 0.3) is 0 Å². The zero-order valence-corrected chi connectivity index (χ0v) is 51.0. The Bertz CT molecular complexity index is 832. The van der Waals surface area contributed by atoms with Crippen LogP contribution in [0, 0.1) is 17.8 Å². The molecule has 0 bridgehead atoms. The molecule has 1 aliphatic heterocycles. The van der Waals surface area contributed by atoms with Gasteiger partial charge in [0.1, 0.15) is 54.3 Å². The van der Waals surface area contributed by atoms with Crippen molar-refractivity contribution in [2.45, 2.75) is 162 Å². The lowest BCUT2D eigenvalue weighted by molar-refractivity contribution is -0.129. The van der Waals surface area contributed by atoms with Gasteiger partial charge in [-0.15, -0.1) is 0 Å². The van der Waals surface area contributed by atoms with Gasteiger partial charge in [0.05, 0.1) is 0 Å². The van der Waals surface area contributed by atoms with Gasteiger partial charge in [0.2, 0.25) is 5.91 Å². The molecule has 0 atom stereocenters. The van der Waals surface area contributed by atoms with Crippen LogP contribution in [0.1, 0.15) is 160 Å². The number of rotatable bonds is 5. The average molecular weight is 1050 g/mol. The van der Waals surface area contributed by atoms with E-state index in [1.807, 2.05) is 99.0 Å². The first kappa shape index (κ1) is 138. The third-order valence-electron chi connectivity index (χ3n) is 6.75. The molecule has 1 fully saturated rings. The Morgan fingerprint density at radius 3 is 0.639 bits per heavy atom. The van der Waals surface area contributed by atoms with Crippen LogP contribution in [0.25, 0.3) is 0 Å². The highest BCUT2D eigenvalue weighted by Gasteiger charge is 2.11. The highest BCUT2D eigenvalue weighted by molar-refractivity contribution is 5.73. The van der Waals surface area contributed by atoms with Gasteiger partial charge < -0.3 is 90.8 Å². The number of nitrogens with zero attached hydrogens (tertiary/aromatic N) is 1. The standard InChI is InChI=1S/2C8H10.C7H13NO.3C5H12.2C2H6.4CH5N.8CH2O.4H3N/c2*1-2-8-6-4-3-5-7-8;1-7(9)8-5-3-2-4-6-8;3*1-4-5(2)3;14*1-2;;;;/h2*3-7H,2H2,1H3;2-6H2,1H3;3*5H,4H2,1-3H3;2*1-2H3;4*2H2,1H3;8*1H2;4*1H3. The minimum atomic E-state index is 0. The molecule has 444 valence electrons. The maximum Gasteiger partial charge on any atom is 0.219 e. The summed E-state index contributed by atoms with van der Waals surface area (Å²) in [5, 5.41) is 0. The third kappa shape index (κ3) is 245. The Morgan fingerprint density at radius 1 is 0.403 bits per heavy atom. The first-order valence-electron chi connectivity index (χ1n) is 22.9. The monoisotopic (exact) mass is 1050 g/mol. The summed E-state index contributed by atoms with van der Waals surface area (Å²) in [4.78, 5) is 76.6. The van der Waals surface area contributed by atoms with Gasteiger partial charge in [-0.3, -0.25) is 4.79 Å². The summed E-state index contributed by atoms with van der Waals surface area (Å²) in [6, 6.07) is 20.9. The summed E-state index contributed by atoms with van der Waals surface area (Å²) in [5.74, 6) is 2.88. The number of likely N-dealkylation sites (tertiary alicyclic amines) is 1. The van der Waals surface area contributed by atoms with E-state index >= 15 is 0 Å². The zero-order chi connectivity index (χ0) is 59.2. The molecule has 2 aromatic carbocycles. The lowest BCUT2D eigenvalue weighted by atomic mass is 10.1. The minimum Gasteiger partial charge on any atom is -0.344 e. The van der Waals surface area contributed by atoms with Crippen LogP contribution in [-0.4, -0.2) is 106 Å². The van der Waals surface area contributed by atoms with Crippen molar-refractivity contribution in [3.05, 3.63) is 71.8 Å². The molecule has 1 amide bonds. The molecule has 0 saturated carbocycles. The summed E-state index contributed by atoms with van der Waals surface area (Å²) in [7, 11) is 6.00. The lowest BCUT2D eigenvalue weighted by Crippen LogP contribution is -2.33. The van der Waals surface area contributed by atoms with Crippen LogP contribution in [0.3, 0.4) is 0 Å². The molecule has 0 radical (unpaired) electrons. The van der Waals surface area contributed by atoms with Crippen LogP contribution in [0.2, 0.25) is 0 Å². The average Bonchev–Trinajstić information content (AvgIpc) is 3.47. The normalized spacial score (nSPS) is 7.46. The van der Waals surface area contributed by atoms with Crippen LogP contribution in [-0.2, 0) is 56.0 Å². The Morgan fingerprint density at radius 2 is 0.556 bits per heavy atom. The third-order valence-corrected chi connectivity index (χ3v) is 6.75. The van der Waals surface area contributed by atoms with E-state index in [9.17, 15) is 4.79 Å². The number of aryl methyl sites for hydroxylation is 2. The van der Waals surface area contributed by atoms with Gasteiger partial charge in [-0.1, -0.05) is 184 Å². The second-order valence-corrected chi connectivity index (χ2v) is 11.7. The molecule has 0 aliphatic carbocycles. The van der Waals surface area contributed by atoms with Crippen LogP contribution >= 0.6 is 0 Å². The van der Waals surface area contributed by atoms with E-state index in [0.29, 0.717) is 0 Å². The van der Waals surface area contributed by atoms with Crippen LogP contribution in [0.4, 0.5) is 0 Å². The molecule has 1 saturated heterocycles. The second-order valence-electron chi connectivity index (χ2n) is 11.7. The van der Waals surface area contributed by atoms with E-state index in [4.69, 9.17) is 38.4 Å². The van der Waals surface area contributed by atoms with Crippen molar-refractivity contribution in [2.75, 3.05) is 41.3 Å². The molecule has 1 heterocycles. The Hall–Kier alpha value is -5.05. The number of hydrogen-bond donors (Lipinski definition) is 8. The highest BCUT2D eigenvalue weighted by Crippen LogP contribution is 2.07. The Kier molecular flexibility index (Phi) is 412. The molecule has 18 heteroatoms. The molecule has 1 aliphatic rings. The first-order chi connectivity index (χ1) is 33.0. The van der Waals surface area contributed by atoms with E-state index in [1.165, 1.54) is 77.8 Å². The van der Waals surface area contributed by atoms with E-state index < -0.39 is 0 Å². The number of hydrogen-bond acceptors (Lipinski definition) is 17. The Labute approximate surface area is 447 Å². The topological polar surface area (TPSA) is 401 Å². The SMILES string of the molecule is C=O.C=O.C=O.C=O.C=O.C=O.C=O.C=O.CC.CC.CC(=O)N1CCCCC1.CCC(C)C.CCC(C)C.CCC(C)C.CCc1ccccc1.CCc1ccccc1.CN.CN.CN.CN.N.N.N.N. The molecular weight excluding hydrogens is 919 g/mol. The molecule has 0 spiro atoms. The first-order valence-corrected chi connectivity index (χ1v) is 22.9. The van der Waals surface area contributed by atoms with Crippen LogP contribution < -0.4 is 47.5 Å². The fraction of sp³-hybridized carbons (Fsp3) is 0.611. The predicted octanol–water partition coefficient (Wildman–Crippen LogP) is 11.2. The zero-order valence-electron chi connectivity index (χ0n) is 51.0. The van der Waals surface area contributed by atoms with Crippen molar-refractivity contribution in [2.24, 2.45) is 40.7 Å². The van der Waals surface area contributed by atoms with Crippen molar-refractivity contribution in [3.8, 4) is 0 Å². The Balaban J connectivity index is -0.0000000207. The quantitative estimate of drug-likeness (QED) is 0.138. The second kappa shape index (κ2) is 215. The van der Waals surface area contributed by atoms with Crippen LogP contribution in [0.15, 0.2) is 60.7 Å².